The summed E-state index contributed by atoms with van der Waals surface area (Å²) in [5.41, 5.74) is 2.85. The molecule has 0 atom stereocenters. The van der Waals surface area contributed by atoms with Crippen molar-refractivity contribution in [3.8, 4) is 0 Å². The number of nitrogens with zero attached hydrogens (tertiary/aromatic N) is 2. The lowest BCUT2D eigenvalue weighted by atomic mass is 9.99. The Labute approximate surface area is 183 Å². The van der Waals surface area contributed by atoms with Crippen LogP contribution >= 0.6 is 0 Å². The number of nitrogens with one attached hydrogen (secondary N) is 2. The molecule has 31 heavy (non-hydrogen) atoms. The molecule has 164 valence electrons. The van der Waals surface area contributed by atoms with Gasteiger partial charge in [0.2, 0.25) is 15.9 Å². The number of pyridine rings is 1. The summed E-state index contributed by atoms with van der Waals surface area (Å²) in [4.78, 5) is 15.3. The molecule has 0 aliphatic carbocycles. The van der Waals surface area contributed by atoms with Crippen LogP contribution < -0.4 is 10.6 Å². The van der Waals surface area contributed by atoms with Crippen LogP contribution in [0.4, 0.5) is 5.69 Å². The number of allylic oxidation sites excluding steroid dienone is 4. The summed E-state index contributed by atoms with van der Waals surface area (Å²) in [5.74, 6) is -0.128. The van der Waals surface area contributed by atoms with Gasteiger partial charge in [-0.15, -0.1) is 0 Å². The predicted molar refractivity (Wildman–Crippen MR) is 126 cm³/mol. The van der Waals surface area contributed by atoms with Crippen molar-refractivity contribution in [2.75, 3.05) is 24.7 Å². The largest absolute Gasteiger partial charge is 0.382 e. The highest BCUT2D eigenvalue weighted by Gasteiger charge is 2.25. The topological polar surface area (TPSA) is 91.4 Å². The number of rotatable bonds is 7. The number of hydrogen-bond acceptors (Lipinski definition) is 5. The predicted octanol–water partition coefficient (Wildman–Crippen LogP) is 3.29. The van der Waals surface area contributed by atoms with E-state index in [1.807, 2.05) is 18.3 Å². The molecule has 2 N–H and O–H groups in total. The SMILES string of the molecule is C=CC(=CC=CNC(C)=O)c1cc(NC2CCN(S(C)(=O)=O)CC2)c2cnccc2c1. The molecular formula is C23H28N4O3S. The van der Waals surface area contributed by atoms with Gasteiger partial charge in [0.05, 0.1) is 6.26 Å². The van der Waals surface area contributed by atoms with E-state index in [0.29, 0.717) is 13.1 Å². The standard InChI is InChI=1S/C23H28N4O3S/c1-4-18(6-5-10-25-17(2)28)20-14-19-7-11-24-16-22(19)23(15-20)26-21-8-12-27(13-9-21)31(3,29)30/h4-7,10-11,14-16,21,26H,1,8-9,12-13H2,2-3H3,(H,25,28). The summed E-state index contributed by atoms with van der Waals surface area (Å²) in [6.07, 6.45) is 13.3. The number of carbonyl (C=O) groups is 1. The van der Waals surface area contributed by atoms with E-state index >= 15 is 0 Å². The van der Waals surface area contributed by atoms with Crippen LogP contribution in [0.3, 0.4) is 0 Å². The summed E-state index contributed by atoms with van der Waals surface area (Å²) >= 11 is 0. The minimum Gasteiger partial charge on any atom is -0.382 e. The molecule has 1 aromatic carbocycles. The lowest BCUT2D eigenvalue weighted by molar-refractivity contribution is -0.118. The molecule has 0 spiro atoms. The number of amides is 1. The lowest BCUT2D eigenvalue weighted by Crippen LogP contribution is -2.41. The second kappa shape index (κ2) is 9.89. The van der Waals surface area contributed by atoms with Gasteiger partial charge < -0.3 is 10.6 Å². The van der Waals surface area contributed by atoms with Gasteiger partial charge in [0.25, 0.3) is 0 Å². The number of anilines is 1. The molecule has 1 fully saturated rings. The zero-order valence-electron chi connectivity index (χ0n) is 17.8. The quantitative estimate of drug-likeness (QED) is 0.645. The summed E-state index contributed by atoms with van der Waals surface area (Å²) in [6, 6.07) is 6.28. The molecule has 1 saturated heterocycles. The van der Waals surface area contributed by atoms with E-state index in [1.54, 1.807) is 24.5 Å². The molecule has 1 aliphatic heterocycles. The highest BCUT2D eigenvalue weighted by molar-refractivity contribution is 7.88. The number of fused-ring (bicyclic) bond motifs is 1. The van der Waals surface area contributed by atoms with E-state index < -0.39 is 10.0 Å². The molecule has 1 amide bonds. The monoisotopic (exact) mass is 440 g/mol. The Morgan fingerprint density at radius 3 is 2.68 bits per heavy atom. The number of hydrogen-bond donors (Lipinski definition) is 2. The van der Waals surface area contributed by atoms with Crippen LogP contribution in [0.2, 0.25) is 0 Å². The van der Waals surface area contributed by atoms with Gasteiger partial charge in [0.1, 0.15) is 0 Å². The van der Waals surface area contributed by atoms with Crippen molar-refractivity contribution in [1.29, 1.82) is 0 Å². The van der Waals surface area contributed by atoms with Crippen LogP contribution in [-0.2, 0) is 14.8 Å². The maximum atomic E-state index is 11.8. The number of sulfonamides is 1. The van der Waals surface area contributed by atoms with Crippen molar-refractivity contribution in [3.05, 3.63) is 67.2 Å². The number of aromatic nitrogens is 1. The van der Waals surface area contributed by atoms with Crippen molar-refractivity contribution in [2.24, 2.45) is 0 Å². The Hall–Kier alpha value is -2.97. The van der Waals surface area contributed by atoms with Gasteiger partial charge >= 0.3 is 0 Å². The first-order chi connectivity index (χ1) is 14.8. The summed E-state index contributed by atoms with van der Waals surface area (Å²) < 4.78 is 25.1. The van der Waals surface area contributed by atoms with Crippen molar-refractivity contribution >= 4 is 38.0 Å². The Kier molecular flexibility index (Phi) is 7.25. The molecule has 7 nitrogen and oxygen atoms in total. The molecule has 0 bridgehead atoms. The number of benzene rings is 1. The summed E-state index contributed by atoms with van der Waals surface area (Å²) in [5, 5.41) is 8.27. The average molecular weight is 441 g/mol. The number of carbonyl (C=O) groups excluding carboxylic acids is 1. The fourth-order valence-corrected chi connectivity index (χ4v) is 4.51. The molecule has 0 saturated carbocycles. The smallest absolute Gasteiger partial charge is 0.220 e. The Morgan fingerprint density at radius 1 is 1.29 bits per heavy atom. The second-order valence-electron chi connectivity index (χ2n) is 7.59. The van der Waals surface area contributed by atoms with Gasteiger partial charge in [-0.2, -0.15) is 0 Å². The zero-order chi connectivity index (χ0) is 22.4. The first-order valence-electron chi connectivity index (χ1n) is 10.1. The first kappa shape index (κ1) is 22.7. The molecule has 2 heterocycles. The van der Waals surface area contributed by atoms with Crippen LogP contribution in [0.25, 0.3) is 16.3 Å². The zero-order valence-corrected chi connectivity index (χ0v) is 18.7. The molecule has 0 radical (unpaired) electrons. The fraction of sp³-hybridized carbons (Fsp3) is 0.304. The van der Waals surface area contributed by atoms with Crippen molar-refractivity contribution in [2.45, 2.75) is 25.8 Å². The third kappa shape index (κ3) is 6.02. The highest BCUT2D eigenvalue weighted by Crippen LogP contribution is 2.30. The minimum atomic E-state index is -3.15. The van der Waals surface area contributed by atoms with Crippen molar-refractivity contribution in [3.63, 3.8) is 0 Å². The molecular weight excluding hydrogens is 412 g/mol. The van der Waals surface area contributed by atoms with E-state index in [0.717, 1.165) is 40.4 Å². The van der Waals surface area contributed by atoms with E-state index in [1.165, 1.54) is 17.5 Å². The lowest BCUT2D eigenvalue weighted by Gasteiger charge is -2.31. The van der Waals surface area contributed by atoms with Gasteiger partial charge in [0, 0.05) is 55.7 Å². The van der Waals surface area contributed by atoms with E-state index in [4.69, 9.17) is 0 Å². The maximum absolute atomic E-state index is 11.8. The van der Waals surface area contributed by atoms with E-state index in [-0.39, 0.29) is 11.9 Å². The van der Waals surface area contributed by atoms with Gasteiger partial charge in [-0.05, 0) is 53.6 Å². The van der Waals surface area contributed by atoms with Crippen LogP contribution in [0, 0.1) is 0 Å². The first-order valence-corrected chi connectivity index (χ1v) is 12.0. The molecule has 2 aromatic rings. The van der Waals surface area contributed by atoms with E-state index in [2.05, 4.69) is 34.3 Å². The van der Waals surface area contributed by atoms with Gasteiger partial charge in [0.15, 0.2) is 0 Å². The van der Waals surface area contributed by atoms with Crippen LogP contribution in [0.15, 0.2) is 61.6 Å². The maximum Gasteiger partial charge on any atom is 0.220 e. The molecule has 0 unspecified atom stereocenters. The van der Waals surface area contributed by atoms with Crippen LogP contribution in [0.1, 0.15) is 25.3 Å². The Balaban J connectivity index is 1.87. The highest BCUT2D eigenvalue weighted by atomic mass is 32.2. The van der Waals surface area contributed by atoms with E-state index in [9.17, 15) is 13.2 Å². The third-order valence-electron chi connectivity index (χ3n) is 5.25. The molecule has 1 aliphatic rings. The second-order valence-corrected chi connectivity index (χ2v) is 9.57. The average Bonchev–Trinajstić information content (AvgIpc) is 2.73. The third-order valence-corrected chi connectivity index (χ3v) is 6.55. The van der Waals surface area contributed by atoms with Crippen LogP contribution in [0.5, 0.6) is 0 Å². The molecule has 1 aromatic heterocycles. The Bertz CT molecular complexity index is 1130. The van der Waals surface area contributed by atoms with Gasteiger partial charge in [-0.3, -0.25) is 9.78 Å². The van der Waals surface area contributed by atoms with Gasteiger partial charge in [-0.1, -0.05) is 18.7 Å². The van der Waals surface area contributed by atoms with Crippen molar-refractivity contribution < 1.29 is 13.2 Å². The molecule has 3 rings (SSSR count). The summed E-state index contributed by atoms with van der Waals surface area (Å²) in [6.45, 7) is 6.40. The van der Waals surface area contributed by atoms with Crippen molar-refractivity contribution in [1.82, 2.24) is 14.6 Å². The van der Waals surface area contributed by atoms with Gasteiger partial charge in [-0.25, -0.2) is 12.7 Å². The summed E-state index contributed by atoms with van der Waals surface area (Å²) in [7, 11) is -3.15. The normalized spacial score (nSPS) is 16.5. The van der Waals surface area contributed by atoms with Crippen LogP contribution in [-0.4, -0.2) is 49.0 Å². The minimum absolute atomic E-state index is 0.128. The Morgan fingerprint density at radius 2 is 2.03 bits per heavy atom. The number of piperidine rings is 1. The molecule has 8 heteroatoms. The fourth-order valence-electron chi connectivity index (χ4n) is 3.64.